The minimum Gasteiger partial charge on any atom is -0.322 e. The van der Waals surface area contributed by atoms with Gasteiger partial charge in [-0.15, -0.1) is 0 Å². The average Bonchev–Trinajstić information content (AvgIpc) is 2.32. The Morgan fingerprint density at radius 1 is 1.75 bits per heavy atom. The molecule has 0 radical (unpaired) electrons. The second-order valence-corrected chi connectivity index (χ2v) is 2.78. The molecule has 0 spiro atoms. The van der Waals surface area contributed by atoms with Gasteiger partial charge in [-0.1, -0.05) is 0 Å². The molecule has 1 rings (SSSR count). The highest BCUT2D eigenvalue weighted by molar-refractivity contribution is 4.99. The minimum atomic E-state index is -2.77. The van der Waals surface area contributed by atoms with Crippen molar-refractivity contribution in [2.24, 2.45) is 5.73 Å². The second-order valence-electron chi connectivity index (χ2n) is 2.78. The van der Waals surface area contributed by atoms with E-state index >= 15 is 0 Å². The van der Waals surface area contributed by atoms with Gasteiger partial charge in [-0.2, -0.15) is 15.4 Å². The lowest BCUT2D eigenvalue weighted by Crippen LogP contribution is -2.21. The maximum atomic E-state index is 12.4. The van der Waals surface area contributed by atoms with Crippen LogP contribution in [0.1, 0.15) is 25.1 Å². The van der Waals surface area contributed by atoms with Gasteiger partial charge in [0, 0.05) is 6.42 Å². The summed E-state index contributed by atoms with van der Waals surface area (Å²) in [5, 5.41) is 9.39. The number of hydrogen-bond donors (Lipinski definition) is 2. The SMILES string of the molecule is CC(F)(F)CC(N)c1cn[nH]n1. The number of H-pyrrole nitrogens is 1. The quantitative estimate of drug-likeness (QED) is 0.717. The number of rotatable bonds is 3. The number of halogens is 2. The number of nitrogens with zero attached hydrogens (tertiary/aromatic N) is 2. The molecule has 3 N–H and O–H groups in total. The lowest BCUT2D eigenvalue weighted by Gasteiger charge is -2.13. The zero-order valence-electron chi connectivity index (χ0n) is 6.59. The Labute approximate surface area is 68.1 Å². The van der Waals surface area contributed by atoms with E-state index in [1.54, 1.807) is 0 Å². The summed E-state index contributed by atoms with van der Waals surface area (Å²) in [6.07, 6.45) is 0.927. The first-order chi connectivity index (χ1) is 5.49. The molecule has 0 bridgehead atoms. The molecule has 0 amide bonds. The van der Waals surface area contributed by atoms with Crippen LogP contribution in [0.5, 0.6) is 0 Å². The van der Waals surface area contributed by atoms with Gasteiger partial charge in [0.1, 0.15) is 0 Å². The van der Waals surface area contributed by atoms with E-state index in [-0.39, 0.29) is 0 Å². The first kappa shape index (κ1) is 9.05. The van der Waals surface area contributed by atoms with Crippen molar-refractivity contribution in [1.29, 1.82) is 0 Å². The Balaban J connectivity index is 2.56. The van der Waals surface area contributed by atoms with E-state index in [2.05, 4.69) is 15.4 Å². The fourth-order valence-electron chi connectivity index (χ4n) is 0.880. The molecule has 4 nitrogen and oxygen atoms in total. The smallest absolute Gasteiger partial charge is 0.247 e. The van der Waals surface area contributed by atoms with Crippen LogP contribution in [0.15, 0.2) is 6.20 Å². The summed E-state index contributed by atoms with van der Waals surface area (Å²) in [4.78, 5) is 0. The molecule has 1 aromatic heterocycles. The number of nitrogens with two attached hydrogens (primary N) is 1. The maximum absolute atomic E-state index is 12.4. The van der Waals surface area contributed by atoms with Crippen molar-refractivity contribution in [1.82, 2.24) is 15.4 Å². The molecule has 6 heteroatoms. The monoisotopic (exact) mass is 176 g/mol. The Bertz CT molecular complexity index is 228. The zero-order chi connectivity index (χ0) is 9.19. The highest BCUT2D eigenvalue weighted by atomic mass is 19.3. The van der Waals surface area contributed by atoms with Gasteiger partial charge < -0.3 is 5.73 Å². The third-order valence-electron chi connectivity index (χ3n) is 1.39. The molecule has 0 fully saturated rings. The topological polar surface area (TPSA) is 67.6 Å². The molecule has 0 saturated carbocycles. The maximum Gasteiger partial charge on any atom is 0.247 e. The molecule has 1 unspecified atom stereocenters. The van der Waals surface area contributed by atoms with Crippen LogP contribution in [0.4, 0.5) is 8.78 Å². The van der Waals surface area contributed by atoms with Gasteiger partial charge in [0.2, 0.25) is 5.92 Å². The summed E-state index contributed by atoms with van der Waals surface area (Å²) in [5.74, 6) is -2.77. The normalized spacial score (nSPS) is 14.7. The molecule has 0 saturated heterocycles. The predicted molar refractivity (Wildman–Crippen MR) is 38.5 cm³/mol. The molecule has 12 heavy (non-hydrogen) atoms. The van der Waals surface area contributed by atoms with E-state index in [1.165, 1.54) is 6.20 Å². The van der Waals surface area contributed by atoms with Crippen LogP contribution >= 0.6 is 0 Å². The summed E-state index contributed by atoms with van der Waals surface area (Å²) < 4.78 is 24.9. The van der Waals surface area contributed by atoms with E-state index in [9.17, 15) is 8.78 Å². The Morgan fingerprint density at radius 2 is 2.42 bits per heavy atom. The standard InChI is InChI=1S/C6H10F2N4/c1-6(7,8)2-4(9)5-3-10-12-11-5/h3-4H,2,9H2,1H3,(H,10,11,12). The van der Waals surface area contributed by atoms with E-state index in [1.807, 2.05) is 0 Å². The molecule has 0 aliphatic carbocycles. The number of nitrogens with one attached hydrogen (secondary N) is 1. The second kappa shape index (κ2) is 3.14. The number of alkyl halides is 2. The van der Waals surface area contributed by atoms with Crippen molar-refractivity contribution in [2.75, 3.05) is 0 Å². The summed E-state index contributed by atoms with van der Waals surface area (Å²) in [7, 11) is 0. The largest absolute Gasteiger partial charge is 0.322 e. The van der Waals surface area contributed by atoms with Gasteiger partial charge in [-0.05, 0) is 6.92 Å². The third-order valence-corrected chi connectivity index (χ3v) is 1.39. The van der Waals surface area contributed by atoms with E-state index in [0.29, 0.717) is 5.69 Å². The fourth-order valence-corrected chi connectivity index (χ4v) is 0.880. The summed E-state index contributed by atoms with van der Waals surface area (Å²) in [6, 6.07) is -0.760. The molecule has 1 heterocycles. The van der Waals surface area contributed by atoms with Gasteiger partial charge in [0.05, 0.1) is 17.9 Å². The number of aromatic nitrogens is 3. The minimum absolute atomic E-state index is 0.358. The van der Waals surface area contributed by atoms with Crippen LogP contribution in [-0.2, 0) is 0 Å². The molecule has 0 aliphatic heterocycles. The lowest BCUT2D eigenvalue weighted by molar-refractivity contribution is 0.00580. The highest BCUT2D eigenvalue weighted by Gasteiger charge is 2.26. The van der Waals surface area contributed by atoms with Gasteiger partial charge in [0.25, 0.3) is 0 Å². The molecule has 0 aliphatic rings. The summed E-state index contributed by atoms with van der Waals surface area (Å²) in [5.41, 5.74) is 5.78. The van der Waals surface area contributed by atoms with E-state index in [4.69, 9.17) is 5.73 Å². The van der Waals surface area contributed by atoms with Crippen molar-refractivity contribution in [2.45, 2.75) is 25.3 Å². The van der Waals surface area contributed by atoms with Gasteiger partial charge in [-0.25, -0.2) is 8.78 Å². The molecule has 1 atom stereocenters. The third kappa shape index (κ3) is 2.54. The van der Waals surface area contributed by atoms with Crippen LogP contribution in [0.2, 0.25) is 0 Å². The van der Waals surface area contributed by atoms with E-state index in [0.717, 1.165) is 6.92 Å². The van der Waals surface area contributed by atoms with Crippen molar-refractivity contribution in [3.05, 3.63) is 11.9 Å². The van der Waals surface area contributed by atoms with Crippen LogP contribution in [0, 0.1) is 0 Å². The van der Waals surface area contributed by atoms with Crippen LogP contribution in [-0.4, -0.2) is 21.3 Å². The Morgan fingerprint density at radius 3 is 2.83 bits per heavy atom. The fraction of sp³-hybridized carbons (Fsp3) is 0.667. The zero-order valence-corrected chi connectivity index (χ0v) is 6.59. The van der Waals surface area contributed by atoms with Crippen molar-refractivity contribution in [3.8, 4) is 0 Å². The predicted octanol–water partition coefficient (Wildman–Crippen LogP) is 0.850. The Hall–Kier alpha value is -1.04. The average molecular weight is 176 g/mol. The first-order valence-corrected chi connectivity index (χ1v) is 3.48. The molecule has 1 aromatic rings. The van der Waals surface area contributed by atoms with Gasteiger partial charge in [-0.3, -0.25) is 0 Å². The first-order valence-electron chi connectivity index (χ1n) is 3.48. The number of hydrogen-bond acceptors (Lipinski definition) is 3. The summed E-state index contributed by atoms with van der Waals surface area (Å²) >= 11 is 0. The number of aromatic amines is 1. The Kier molecular flexibility index (Phi) is 2.37. The van der Waals surface area contributed by atoms with Crippen LogP contribution in [0.3, 0.4) is 0 Å². The van der Waals surface area contributed by atoms with Crippen molar-refractivity contribution >= 4 is 0 Å². The lowest BCUT2D eigenvalue weighted by atomic mass is 10.1. The van der Waals surface area contributed by atoms with Gasteiger partial charge in [0.15, 0.2) is 0 Å². The van der Waals surface area contributed by atoms with E-state index < -0.39 is 18.4 Å². The van der Waals surface area contributed by atoms with Crippen LogP contribution < -0.4 is 5.73 Å². The molecular formula is C6H10F2N4. The molecule has 0 aromatic carbocycles. The molecular weight excluding hydrogens is 166 g/mol. The van der Waals surface area contributed by atoms with Crippen LogP contribution in [0.25, 0.3) is 0 Å². The summed E-state index contributed by atoms with van der Waals surface area (Å²) in [6.45, 7) is 0.826. The van der Waals surface area contributed by atoms with Crippen molar-refractivity contribution < 1.29 is 8.78 Å². The molecule has 68 valence electrons. The van der Waals surface area contributed by atoms with Crippen molar-refractivity contribution in [3.63, 3.8) is 0 Å². The van der Waals surface area contributed by atoms with Gasteiger partial charge >= 0.3 is 0 Å². The highest BCUT2D eigenvalue weighted by Crippen LogP contribution is 2.24.